The van der Waals surface area contributed by atoms with Crippen LogP contribution in [0.2, 0.25) is 0 Å². The van der Waals surface area contributed by atoms with E-state index in [-0.39, 0.29) is 0 Å². The lowest BCUT2D eigenvalue weighted by Gasteiger charge is -2.08. The van der Waals surface area contributed by atoms with Gasteiger partial charge in [0.25, 0.3) is 0 Å². The molecule has 1 aromatic carbocycles. The summed E-state index contributed by atoms with van der Waals surface area (Å²) in [4.78, 5) is 29.3. The first-order valence-corrected chi connectivity index (χ1v) is 7.20. The van der Waals surface area contributed by atoms with E-state index in [0.717, 1.165) is 28.1 Å². The molecule has 0 aliphatic carbocycles. The van der Waals surface area contributed by atoms with Crippen LogP contribution in [0.3, 0.4) is 0 Å². The van der Waals surface area contributed by atoms with E-state index in [0.29, 0.717) is 5.82 Å². The van der Waals surface area contributed by atoms with Gasteiger partial charge in [0.15, 0.2) is 5.82 Å². The van der Waals surface area contributed by atoms with Crippen molar-refractivity contribution < 1.29 is 0 Å². The Morgan fingerprint density at radius 2 is 1.04 bits per heavy atom. The highest BCUT2D eigenvalue weighted by Gasteiger charge is 2.10. The van der Waals surface area contributed by atoms with Gasteiger partial charge < -0.3 is 0 Å². The molecule has 0 aliphatic rings. The van der Waals surface area contributed by atoms with Crippen LogP contribution in [0.4, 0.5) is 0 Å². The van der Waals surface area contributed by atoms with E-state index in [2.05, 4.69) is 34.9 Å². The zero-order valence-electron chi connectivity index (χ0n) is 12.5. The monoisotopic (exact) mass is 313 g/mol. The number of benzene rings is 1. The summed E-state index contributed by atoms with van der Waals surface area (Å²) in [6.45, 7) is 0. The molecule has 0 saturated heterocycles. The second-order valence-electron chi connectivity index (χ2n) is 4.94. The molecule has 0 unspecified atom stereocenters. The molecule has 0 amide bonds. The van der Waals surface area contributed by atoms with Crippen molar-refractivity contribution >= 4 is 0 Å². The fourth-order valence-electron chi connectivity index (χ4n) is 2.34. The number of rotatable bonds is 3. The van der Waals surface area contributed by atoms with Crippen LogP contribution in [0, 0.1) is 0 Å². The molecule has 3 aromatic heterocycles. The van der Waals surface area contributed by atoms with Gasteiger partial charge in [0.05, 0.1) is 23.8 Å². The molecule has 0 bridgehead atoms. The Bertz CT molecular complexity index is 805. The summed E-state index contributed by atoms with van der Waals surface area (Å²) in [5.41, 5.74) is 4.18. The summed E-state index contributed by atoms with van der Waals surface area (Å²) in [6, 6.07) is 5.94. The molecule has 114 valence electrons. The molecular weight excluding hydrogens is 302 g/mol. The van der Waals surface area contributed by atoms with E-state index in [1.807, 2.05) is 18.2 Å². The Balaban J connectivity index is 1.92. The van der Waals surface area contributed by atoms with Gasteiger partial charge in [-0.15, -0.1) is 0 Å². The van der Waals surface area contributed by atoms with Crippen LogP contribution in [0.25, 0.3) is 33.9 Å². The van der Waals surface area contributed by atoms with E-state index in [1.165, 1.54) is 12.7 Å². The summed E-state index contributed by atoms with van der Waals surface area (Å²) in [6.07, 6.45) is 13.0. The molecule has 0 fully saturated rings. The molecule has 0 radical (unpaired) electrons. The maximum absolute atomic E-state index is 4.37. The van der Waals surface area contributed by atoms with E-state index in [4.69, 9.17) is 0 Å². The van der Waals surface area contributed by atoms with Gasteiger partial charge in [-0.2, -0.15) is 0 Å². The Morgan fingerprint density at radius 3 is 1.54 bits per heavy atom. The topological polar surface area (TPSA) is 90.2 Å². The average molecular weight is 313 g/mol. The van der Waals surface area contributed by atoms with E-state index >= 15 is 0 Å². The molecule has 0 aliphatic heterocycles. The highest BCUT2D eigenvalue weighted by Crippen LogP contribution is 2.29. The fourth-order valence-corrected chi connectivity index (χ4v) is 2.34. The predicted octanol–water partition coefficient (Wildman–Crippen LogP) is 2.45. The van der Waals surface area contributed by atoms with Crippen molar-refractivity contribution in [3.63, 3.8) is 0 Å². The minimum absolute atomic E-state index is 0.584. The third-order valence-corrected chi connectivity index (χ3v) is 3.40. The van der Waals surface area contributed by atoms with Crippen molar-refractivity contribution in [1.29, 1.82) is 0 Å². The largest absolute Gasteiger partial charge is 0.261 e. The number of aromatic nitrogens is 7. The summed E-state index contributed by atoms with van der Waals surface area (Å²) < 4.78 is 0. The highest BCUT2D eigenvalue weighted by atomic mass is 15.0. The van der Waals surface area contributed by atoms with Crippen molar-refractivity contribution in [2.24, 2.45) is 0 Å². The van der Waals surface area contributed by atoms with Crippen molar-refractivity contribution in [3.05, 3.63) is 68.0 Å². The minimum atomic E-state index is 0.584. The first kappa shape index (κ1) is 14.0. The average Bonchev–Trinajstić information content (AvgIpc) is 2.70. The van der Waals surface area contributed by atoms with E-state index in [9.17, 15) is 0 Å². The molecule has 4 aromatic rings. The molecular formula is C17H11N7. The van der Waals surface area contributed by atoms with Gasteiger partial charge in [0.1, 0.15) is 12.7 Å². The fraction of sp³-hybridized carbons (Fsp3) is 0. The summed E-state index contributed by atoms with van der Waals surface area (Å²) in [7, 11) is 0. The lowest BCUT2D eigenvalue weighted by molar-refractivity contribution is 1.06. The molecule has 24 heavy (non-hydrogen) atoms. The summed E-state index contributed by atoms with van der Waals surface area (Å²) >= 11 is 0. The summed E-state index contributed by atoms with van der Waals surface area (Å²) in [5, 5.41) is 0. The van der Waals surface area contributed by atoms with Crippen LogP contribution >= 0.6 is 0 Å². The van der Waals surface area contributed by atoms with Crippen LogP contribution in [0.15, 0.2) is 68.0 Å². The maximum atomic E-state index is 4.37. The smallest absolute Gasteiger partial charge is 0.162 e. The highest BCUT2D eigenvalue weighted by molar-refractivity contribution is 5.76. The third kappa shape index (κ3) is 2.82. The Morgan fingerprint density at radius 1 is 0.500 bits per heavy atom. The van der Waals surface area contributed by atoms with Crippen LogP contribution in [-0.4, -0.2) is 34.9 Å². The van der Waals surface area contributed by atoms with E-state index in [1.54, 1.807) is 37.2 Å². The van der Waals surface area contributed by atoms with Crippen molar-refractivity contribution in [1.82, 2.24) is 34.9 Å². The molecule has 7 heteroatoms. The quantitative estimate of drug-likeness (QED) is 0.573. The third-order valence-electron chi connectivity index (χ3n) is 3.40. The minimum Gasteiger partial charge on any atom is -0.261 e. The Labute approximate surface area is 137 Å². The van der Waals surface area contributed by atoms with Gasteiger partial charge in [0, 0.05) is 41.5 Å². The Hall–Kier alpha value is -3.61. The lowest BCUT2D eigenvalue weighted by Crippen LogP contribution is -1.93. The van der Waals surface area contributed by atoms with Crippen molar-refractivity contribution in [3.8, 4) is 33.9 Å². The first-order valence-electron chi connectivity index (χ1n) is 7.20. The normalized spacial score (nSPS) is 10.5. The first-order chi connectivity index (χ1) is 11.9. The Kier molecular flexibility index (Phi) is 3.65. The number of hydrogen-bond donors (Lipinski definition) is 0. The van der Waals surface area contributed by atoms with Gasteiger partial charge in [-0.3, -0.25) is 19.9 Å². The zero-order valence-corrected chi connectivity index (χ0v) is 12.5. The molecule has 0 spiro atoms. The van der Waals surface area contributed by atoms with Crippen LogP contribution in [-0.2, 0) is 0 Å². The second-order valence-corrected chi connectivity index (χ2v) is 4.94. The van der Waals surface area contributed by atoms with Crippen LogP contribution in [0.5, 0.6) is 0 Å². The molecule has 7 nitrogen and oxygen atoms in total. The van der Waals surface area contributed by atoms with E-state index < -0.39 is 0 Å². The molecule has 4 rings (SSSR count). The van der Waals surface area contributed by atoms with Crippen molar-refractivity contribution in [2.45, 2.75) is 0 Å². The van der Waals surface area contributed by atoms with Crippen LogP contribution < -0.4 is 0 Å². The molecule has 0 saturated carbocycles. The van der Waals surface area contributed by atoms with Crippen LogP contribution in [0.1, 0.15) is 0 Å². The molecule has 0 atom stereocenters. The number of hydrogen-bond acceptors (Lipinski definition) is 7. The second kappa shape index (κ2) is 6.25. The standard InChI is InChI=1S/C17H11N7/c1-3-21-15(8-18-1)12-5-13(16-9-19-2-4-22-16)7-14(6-12)17-23-10-20-11-24-17/h1-11H. The summed E-state index contributed by atoms with van der Waals surface area (Å²) in [5.74, 6) is 0.584. The van der Waals surface area contributed by atoms with Gasteiger partial charge in [0.2, 0.25) is 0 Å². The van der Waals surface area contributed by atoms with Gasteiger partial charge >= 0.3 is 0 Å². The van der Waals surface area contributed by atoms with Gasteiger partial charge in [-0.05, 0) is 18.2 Å². The molecule has 0 N–H and O–H groups in total. The SMILES string of the molecule is c1cnc(-c2cc(-c3cnccn3)cc(-c3ncncn3)c2)cn1. The molecule has 3 heterocycles. The zero-order chi connectivity index (χ0) is 16.2. The number of nitrogens with zero attached hydrogens (tertiary/aromatic N) is 7. The maximum Gasteiger partial charge on any atom is 0.162 e. The van der Waals surface area contributed by atoms with Crippen molar-refractivity contribution in [2.75, 3.05) is 0 Å². The van der Waals surface area contributed by atoms with Gasteiger partial charge in [-0.25, -0.2) is 15.0 Å². The van der Waals surface area contributed by atoms with Gasteiger partial charge in [-0.1, -0.05) is 0 Å². The lowest BCUT2D eigenvalue weighted by atomic mass is 10.0. The predicted molar refractivity (Wildman–Crippen MR) is 87.3 cm³/mol.